The van der Waals surface area contributed by atoms with Gasteiger partial charge in [0, 0.05) is 18.3 Å². The molecule has 2 aromatic heterocycles. The van der Waals surface area contributed by atoms with Crippen molar-refractivity contribution in [1.82, 2.24) is 14.2 Å². The number of nitrogens with zero attached hydrogens (tertiary/aromatic N) is 4. The molecule has 26 heavy (non-hydrogen) atoms. The fourth-order valence-electron chi connectivity index (χ4n) is 3.67. The number of hydrogen-bond acceptors (Lipinski definition) is 3. The Morgan fingerprint density at radius 2 is 1.88 bits per heavy atom. The molecule has 3 aromatic rings. The van der Waals surface area contributed by atoms with Gasteiger partial charge in [-0.1, -0.05) is 13.8 Å². The lowest BCUT2D eigenvalue weighted by Crippen LogP contribution is -2.24. The minimum Gasteiger partial charge on any atom is -0.293 e. The van der Waals surface area contributed by atoms with E-state index in [1.165, 1.54) is 0 Å². The highest BCUT2D eigenvalue weighted by Crippen LogP contribution is 2.29. The molecule has 0 aliphatic rings. The number of hydrogen-bond donors (Lipinski definition) is 0. The van der Waals surface area contributed by atoms with Crippen molar-refractivity contribution in [2.75, 3.05) is 0 Å². The van der Waals surface area contributed by atoms with Gasteiger partial charge in [0.2, 0.25) is 0 Å². The van der Waals surface area contributed by atoms with Crippen LogP contribution in [0, 0.1) is 25.2 Å². The molecule has 134 valence electrons. The van der Waals surface area contributed by atoms with Gasteiger partial charge in [-0.05, 0) is 68.0 Å². The molecular formula is C21H24N4O. The Balaban J connectivity index is 2.32. The van der Waals surface area contributed by atoms with Crippen LogP contribution in [0.4, 0.5) is 0 Å². The molecule has 0 radical (unpaired) electrons. The average molecular weight is 348 g/mol. The first-order chi connectivity index (χ1) is 12.4. The van der Waals surface area contributed by atoms with Gasteiger partial charge in [0.25, 0.3) is 5.56 Å². The van der Waals surface area contributed by atoms with Crippen LogP contribution in [0.15, 0.2) is 29.1 Å². The first kappa shape index (κ1) is 17.9. The van der Waals surface area contributed by atoms with Gasteiger partial charge in [0.05, 0.1) is 11.6 Å². The van der Waals surface area contributed by atoms with Gasteiger partial charge in [-0.25, -0.2) is 4.52 Å². The maximum atomic E-state index is 13.2. The highest BCUT2D eigenvalue weighted by molar-refractivity contribution is 5.65. The minimum absolute atomic E-state index is 0.0336. The summed E-state index contributed by atoms with van der Waals surface area (Å²) in [5, 5.41) is 13.9. The largest absolute Gasteiger partial charge is 0.293 e. The summed E-state index contributed by atoms with van der Waals surface area (Å²) < 4.78 is 3.40. The molecule has 0 spiro atoms. The number of benzene rings is 1. The lowest BCUT2D eigenvalue weighted by molar-refractivity contribution is 0.644. The molecule has 0 unspecified atom stereocenters. The summed E-state index contributed by atoms with van der Waals surface area (Å²) in [6.45, 7) is 8.23. The van der Waals surface area contributed by atoms with Crippen molar-refractivity contribution in [2.24, 2.45) is 7.05 Å². The van der Waals surface area contributed by atoms with E-state index in [9.17, 15) is 4.79 Å². The van der Waals surface area contributed by atoms with Gasteiger partial charge in [0.15, 0.2) is 5.82 Å². The van der Waals surface area contributed by atoms with Crippen LogP contribution in [0.3, 0.4) is 0 Å². The SMILES string of the molecule is CCC(CC)c1cc(C)n2nc(-c3ccc(C#N)cc3C)n(C)c(=O)c12. The molecule has 0 bridgehead atoms. The fourth-order valence-corrected chi connectivity index (χ4v) is 3.67. The standard InChI is InChI=1S/C21H24N4O/c1-6-16(7-2)18-11-14(4)25-19(18)21(26)24(5)20(23-25)17-9-8-15(12-22)10-13(17)3/h8-11,16H,6-7H2,1-5H3. The third kappa shape index (κ3) is 2.72. The minimum atomic E-state index is -0.0336. The lowest BCUT2D eigenvalue weighted by Gasteiger charge is -2.14. The number of aryl methyl sites for hydroxylation is 2. The third-order valence-corrected chi connectivity index (χ3v) is 5.23. The zero-order valence-corrected chi connectivity index (χ0v) is 16.0. The van der Waals surface area contributed by atoms with Crippen molar-refractivity contribution >= 4 is 5.52 Å². The predicted molar refractivity (Wildman–Crippen MR) is 103 cm³/mol. The van der Waals surface area contributed by atoms with Crippen LogP contribution in [0.2, 0.25) is 0 Å². The Labute approximate surface area is 153 Å². The van der Waals surface area contributed by atoms with Crippen LogP contribution in [0.1, 0.15) is 55.0 Å². The summed E-state index contributed by atoms with van der Waals surface area (Å²) in [4.78, 5) is 13.2. The van der Waals surface area contributed by atoms with Crippen molar-refractivity contribution in [3.05, 3.63) is 57.0 Å². The van der Waals surface area contributed by atoms with Crippen molar-refractivity contribution in [2.45, 2.75) is 46.5 Å². The van der Waals surface area contributed by atoms with Gasteiger partial charge < -0.3 is 0 Å². The van der Waals surface area contributed by atoms with E-state index in [1.807, 2.05) is 26.0 Å². The second kappa shape index (κ2) is 6.80. The van der Waals surface area contributed by atoms with E-state index in [-0.39, 0.29) is 5.56 Å². The monoisotopic (exact) mass is 348 g/mol. The molecule has 0 atom stereocenters. The average Bonchev–Trinajstić information content (AvgIpc) is 2.96. The van der Waals surface area contributed by atoms with Gasteiger partial charge in [0.1, 0.15) is 5.52 Å². The first-order valence-corrected chi connectivity index (χ1v) is 9.03. The highest BCUT2D eigenvalue weighted by Gasteiger charge is 2.21. The van der Waals surface area contributed by atoms with Gasteiger partial charge in [-0.15, -0.1) is 5.10 Å². The molecule has 3 rings (SSSR count). The molecule has 2 heterocycles. The maximum absolute atomic E-state index is 13.2. The van der Waals surface area contributed by atoms with Gasteiger partial charge in [-0.2, -0.15) is 5.26 Å². The zero-order valence-electron chi connectivity index (χ0n) is 16.0. The maximum Gasteiger partial charge on any atom is 0.278 e. The summed E-state index contributed by atoms with van der Waals surface area (Å²) in [5.74, 6) is 0.968. The van der Waals surface area contributed by atoms with Gasteiger partial charge in [-0.3, -0.25) is 9.36 Å². The lowest BCUT2D eigenvalue weighted by atomic mass is 9.95. The Morgan fingerprint density at radius 1 is 1.19 bits per heavy atom. The molecule has 0 saturated carbocycles. The molecule has 0 aliphatic heterocycles. The predicted octanol–water partition coefficient (Wildman–Crippen LogP) is 4.09. The number of nitriles is 1. The molecule has 5 heteroatoms. The van der Waals surface area contributed by atoms with Crippen LogP contribution in [-0.4, -0.2) is 14.2 Å². The fraction of sp³-hybridized carbons (Fsp3) is 0.381. The number of rotatable bonds is 4. The Hall–Kier alpha value is -2.87. The summed E-state index contributed by atoms with van der Waals surface area (Å²) in [7, 11) is 1.77. The molecule has 0 N–H and O–H groups in total. The molecular weight excluding hydrogens is 324 g/mol. The van der Waals surface area contributed by atoms with Crippen LogP contribution < -0.4 is 5.56 Å². The van der Waals surface area contributed by atoms with Crippen molar-refractivity contribution in [1.29, 1.82) is 5.26 Å². The van der Waals surface area contributed by atoms with E-state index in [0.29, 0.717) is 22.8 Å². The van der Waals surface area contributed by atoms with E-state index < -0.39 is 0 Å². The second-order valence-corrected chi connectivity index (χ2v) is 6.84. The van der Waals surface area contributed by atoms with Crippen LogP contribution >= 0.6 is 0 Å². The topological polar surface area (TPSA) is 63.1 Å². The van der Waals surface area contributed by atoms with Crippen LogP contribution in [0.5, 0.6) is 0 Å². The van der Waals surface area contributed by atoms with E-state index in [4.69, 9.17) is 10.4 Å². The van der Waals surface area contributed by atoms with E-state index in [1.54, 1.807) is 22.2 Å². The molecule has 5 nitrogen and oxygen atoms in total. The zero-order chi connectivity index (χ0) is 19.0. The van der Waals surface area contributed by atoms with Gasteiger partial charge >= 0.3 is 0 Å². The summed E-state index contributed by atoms with van der Waals surface area (Å²) in [6, 6.07) is 9.69. The van der Waals surface area contributed by atoms with E-state index in [0.717, 1.165) is 35.2 Å². The summed E-state index contributed by atoms with van der Waals surface area (Å²) in [6.07, 6.45) is 1.99. The van der Waals surface area contributed by atoms with Crippen LogP contribution in [0.25, 0.3) is 16.9 Å². The van der Waals surface area contributed by atoms with Crippen molar-refractivity contribution in [3.8, 4) is 17.5 Å². The molecule has 0 amide bonds. The van der Waals surface area contributed by atoms with E-state index in [2.05, 4.69) is 26.0 Å². The number of fused-ring (bicyclic) bond motifs is 1. The summed E-state index contributed by atoms with van der Waals surface area (Å²) in [5.41, 5.74) is 5.09. The Morgan fingerprint density at radius 3 is 2.46 bits per heavy atom. The third-order valence-electron chi connectivity index (χ3n) is 5.23. The molecule has 0 fully saturated rings. The molecule has 1 aromatic carbocycles. The van der Waals surface area contributed by atoms with E-state index >= 15 is 0 Å². The van der Waals surface area contributed by atoms with Crippen molar-refractivity contribution < 1.29 is 0 Å². The highest BCUT2D eigenvalue weighted by atomic mass is 16.1. The quantitative estimate of drug-likeness (QED) is 0.713. The van der Waals surface area contributed by atoms with Crippen molar-refractivity contribution in [3.63, 3.8) is 0 Å². The number of aromatic nitrogens is 3. The Bertz CT molecular complexity index is 1080. The molecule has 0 saturated heterocycles. The first-order valence-electron chi connectivity index (χ1n) is 9.03. The Kier molecular flexibility index (Phi) is 4.69. The normalized spacial score (nSPS) is 11.3. The van der Waals surface area contributed by atoms with Crippen LogP contribution in [-0.2, 0) is 7.05 Å². The smallest absolute Gasteiger partial charge is 0.278 e. The second-order valence-electron chi connectivity index (χ2n) is 6.84. The molecule has 0 aliphatic carbocycles. The summed E-state index contributed by atoms with van der Waals surface area (Å²) >= 11 is 0.